The Morgan fingerprint density at radius 2 is 1.88 bits per heavy atom. The molecule has 1 saturated heterocycles. The van der Waals surface area contributed by atoms with Crippen LogP contribution >= 0.6 is 12.4 Å². The Bertz CT molecular complexity index is 546. The molecule has 6 heteroatoms. The zero-order chi connectivity index (χ0) is 16.3. The van der Waals surface area contributed by atoms with E-state index in [2.05, 4.69) is 10.6 Å². The van der Waals surface area contributed by atoms with Gasteiger partial charge in [0.1, 0.15) is 5.82 Å². The van der Waals surface area contributed by atoms with Gasteiger partial charge >= 0.3 is 0 Å². The van der Waals surface area contributed by atoms with E-state index in [0.717, 1.165) is 44.2 Å². The van der Waals surface area contributed by atoms with Crippen molar-refractivity contribution < 1.29 is 14.3 Å². The molecule has 1 amide bonds. The molecule has 1 heterocycles. The van der Waals surface area contributed by atoms with E-state index in [9.17, 15) is 14.3 Å². The standard InChI is InChI=1S/C18H25FN2O2.ClH/c19-15-6-4-14(5-7-15)18(8-2-1-3-9-18)17(23)21-11-13-10-20-12-16(13)22;/h4-7,13,16,20,22H,1-3,8-12H2,(H,21,23);1H. The summed E-state index contributed by atoms with van der Waals surface area (Å²) in [6.45, 7) is 1.80. The summed E-state index contributed by atoms with van der Waals surface area (Å²) in [5.74, 6) is -0.198. The molecule has 0 radical (unpaired) electrons. The number of hydrogen-bond acceptors (Lipinski definition) is 3. The molecule has 2 unspecified atom stereocenters. The molecule has 1 aliphatic heterocycles. The highest BCUT2D eigenvalue weighted by Gasteiger charge is 2.41. The topological polar surface area (TPSA) is 61.4 Å². The summed E-state index contributed by atoms with van der Waals surface area (Å²) in [5.41, 5.74) is 0.351. The van der Waals surface area contributed by atoms with Crippen LogP contribution in [0.4, 0.5) is 4.39 Å². The van der Waals surface area contributed by atoms with Crippen molar-refractivity contribution in [2.75, 3.05) is 19.6 Å². The van der Waals surface area contributed by atoms with Gasteiger partial charge in [-0.1, -0.05) is 31.4 Å². The molecular weight excluding hydrogens is 331 g/mol. The van der Waals surface area contributed by atoms with Gasteiger partial charge in [-0.05, 0) is 30.5 Å². The average Bonchev–Trinajstić information content (AvgIpc) is 2.99. The van der Waals surface area contributed by atoms with Gasteiger partial charge in [0.25, 0.3) is 0 Å². The third kappa shape index (κ3) is 3.90. The smallest absolute Gasteiger partial charge is 0.230 e. The Morgan fingerprint density at radius 1 is 1.21 bits per heavy atom. The van der Waals surface area contributed by atoms with Crippen molar-refractivity contribution in [1.29, 1.82) is 0 Å². The first kappa shape index (κ1) is 19.2. The minimum atomic E-state index is -0.553. The van der Waals surface area contributed by atoms with Crippen molar-refractivity contribution in [2.45, 2.75) is 43.6 Å². The molecule has 1 aromatic rings. The molecule has 0 spiro atoms. The number of β-amino-alcohol motifs (C(OH)–C–C–N with tert-alkyl or cyclic N) is 1. The Morgan fingerprint density at radius 3 is 2.46 bits per heavy atom. The third-order valence-electron chi connectivity index (χ3n) is 5.37. The summed E-state index contributed by atoms with van der Waals surface area (Å²) in [6.07, 6.45) is 4.37. The van der Waals surface area contributed by atoms with Crippen LogP contribution in [0.2, 0.25) is 0 Å². The zero-order valence-corrected chi connectivity index (χ0v) is 14.6. The molecule has 1 aromatic carbocycles. The second-order valence-electron chi connectivity index (χ2n) is 6.85. The maximum Gasteiger partial charge on any atom is 0.230 e. The number of nitrogens with one attached hydrogen (secondary N) is 2. The van der Waals surface area contributed by atoms with E-state index in [1.807, 2.05) is 0 Å². The second-order valence-corrected chi connectivity index (χ2v) is 6.85. The van der Waals surface area contributed by atoms with Crippen LogP contribution in [0, 0.1) is 11.7 Å². The van der Waals surface area contributed by atoms with Crippen LogP contribution < -0.4 is 10.6 Å². The molecule has 0 aromatic heterocycles. The average molecular weight is 357 g/mol. The Kier molecular flexibility index (Phi) is 6.61. The van der Waals surface area contributed by atoms with Crippen LogP contribution in [0.15, 0.2) is 24.3 Å². The molecule has 1 saturated carbocycles. The molecular formula is C18H26ClFN2O2. The molecule has 1 aliphatic carbocycles. The van der Waals surface area contributed by atoms with Gasteiger partial charge in [-0.3, -0.25) is 4.79 Å². The van der Waals surface area contributed by atoms with E-state index in [-0.39, 0.29) is 30.0 Å². The first-order chi connectivity index (χ1) is 11.1. The lowest BCUT2D eigenvalue weighted by Crippen LogP contribution is -2.48. The highest BCUT2D eigenvalue weighted by Crippen LogP contribution is 2.39. The fourth-order valence-electron chi connectivity index (χ4n) is 3.89. The van der Waals surface area contributed by atoms with Crippen LogP contribution in [0.1, 0.15) is 37.7 Å². The van der Waals surface area contributed by atoms with Gasteiger partial charge in [0, 0.05) is 25.6 Å². The molecule has 3 rings (SSSR count). The minimum absolute atomic E-state index is 0. The Labute approximate surface area is 148 Å². The summed E-state index contributed by atoms with van der Waals surface area (Å²) in [4.78, 5) is 13.0. The number of halogens is 2. The number of carbonyl (C=O) groups is 1. The number of amides is 1. The highest BCUT2D eigenvalue weighted by atomic mass is 35.5. The molecule has 2 fully saturated rings. The number of benzene rings is 1. The van der Waals surface area contributed by atoms with Gasteiger partial charge in [0.2, 0.25) is 5.91 Å². The van der Waals surface area contributed by atoms with Gasteiger partial charge in [-0.15, -0.1) is 12.4 Å². The predicted octanol–water partition coefficient (Wildman–Crippen LogP) is 2.15. The first-order valence-corrected chi connectivity index (χ1v) is 8.55. The van der Waals surface area contributed by atoms with Crippen molar-refractivity contribution in [3.8, 4) is 0 Å². The lowest BCUT2D eigenvalue weighted by atomic mass is 9.68. The molecule has 0 bridgehead atoms. The van der Waals surface area contributed by atoms with Gasteiger partial charge in [-0.2, -0.15) is 0 Å². The first-order valence-electron chi connectivity index (χ1n) is 8.55. The molecule has 3 N–H and O–H groups in total. The summed E-state index contributed by atoms with van der Waals surface area (Å²) in [6, 6.07) is 6.35. The maximum absolute atomic E-state index is 13.2. The van der Waals surface area contributed by atoms with E-state index < -0.39 is 11.5 Å². The summed E-state index contributed by atoms with van der Waals surface area (Å²) >= 11 is 0. The summed E-state index contributed by atoms with van der Waals surface area (Å²) < 4.78 is 13.2. The quantitative estimate of drug-likeness (QED) is 0.774. The molecule has 2 aliphatic rings. The number of aliphatic hydroxyl groups excluding tert-OH is 1. The van der Waals surface area contributed by atoms with Crippen molar-refractivity contribution in [1.82, 2.24) is 10.6 Å². The van der Waals surface area contributed by atoms with Crippen LogP contribution in [0.5, 0.6) is 0 Å². The Hall–Kier alpha value is -1.17. The van der Waals surface area contributed by atoms with Gasteiger partial charge in [0.15, 0.2) is 0 Å². The molecule has 2 atom stereocenters. The normalized spacial score (nSPS) is 25.8. The van der Waals surface area contributed by atoms with Gasteiger partial charge in [0.05, 0.1) is 11.5 Å². The number of hydrogen-bond donors (Lipinski definition) is 3. The molecule has 24 heavy (non-hydrogen) atoms. The van der Waals surface area contributed by atoms with E-state index in [1.165, 1.54) is 12.1 Å². The largest absolute Gasteiger partial charge is 0.391 e. The molecule has 4 nitrogen and oxygen atoms in total. The predicted molar refractivity (Wildman–Crippen MR) is 93.8 cm³/mol. The van der Waals surface area contributed by atoms with Crippen molar-refractivity contribution in [2.24, 2.45) is 5.92 Å². The zero-order valence-electron chi connectivity index (χ0n) is 13.8. The Balaban J connectivity index is 0.00000208. The van der Waals surface area contributed by atoms with Gasteiger partial charge < -0.3 is 15.7 Å². The van der Waals surface area contributed by atoms with E-state index in [0.29, 0.717) is 13.1 Å². The number of rotatable bonds is 4. The number of carbonyl (C=O) groups excluding carboxylic acids is 1. The van der Waals surface area contributed by atoms with Crippen LogP contribution in [0.25, 0.3) is 0 Å². The summed E-state index contributed by atoms with van der Waals surface area (Å²) in [5, 5.41) is 16.0. The van der Waals surface area contributed by atoms with Crippen LogP contribution in [-0.4, -0.2) is 36.8 Å². The SMILES string of the molecule is Cl.O=C(NCC1CNCC1O)C1(c2ccc(F)cc2)CCCCC1. The number of aliphatic hydroxyl groups is 1. The fourth-order valence-corrected chi connectivity index (χ4v) is 3.89. The van der Waals surface area contributed by atoms with Crippen molar-refractivity contribution in [3.05, 3.63) is 35.6 Å². The summed E-state index contributed by atoms with van der Waals surface area (Å²) in [7, 11) is 0. The van der Waals surface area contributed by atoms with Gasteiger partial charge in [-0.25, -0.2) is 4.39 Å². The molecule has 134 valence electrons. The highest BCUT2D eigenvalue weighted by molar-refractivity contribution is 5.88. The third-order valence-corrected chi connectivity index (χ3v) is 5.37. The van der Waals surface area contributed by atoms with E-state index in [4.69, 9.17) is 0 Å². The van der Waals surface area contributed by atoms with Crippen LogP contribution in [0.3, 0.4) is 0 Å². The lowest BCUT2D eigenvalue weighted by Gasteiger charge is -2.36. The van der Waals surface area contributed by atoms with E-state index in [1.54, 1.807) is 12.1 Å². The monoisotopic (exact) mass is 356 g/mol. The van der Waals surface area contributed by atoms with Crippen molar-refractivity contribution in [3.63, 3.8) is 0 Å². The van der Waals surface area contributed by atoms with Crippen LogP contribution in [-0.2, 0) is 10.2 Å². The second kappa shape index (κ2) is 8.28. The van der Waals surface area contributed by atoms with E-state index >= 15 is 0 Å². The fraction of sp³-hybridized carbons (Fsp3) is 0.611. The maximum atomic E-state index is 13.2. The lowest BCUT2D eigenvalue weighted by molar-refractivity contribution is -0.128. The minimum Gasteiger partial charge on any atom is -0.391 e. The van der Waals surface area contributed by atoms with Crippen molar-refractivity contribution >= 4 is 18.3 Å².